The van der Waals surface area contributed by atoms with Gasteiger partial charge in [-0.3, -0.25) is 4.79 Å². The molecule has 0 unspecified atom stereocenters. The molecule has 0 saturated carbocycles. The van der Waals surface area contributed by atoms with Crippen LogP contribution < -0.4 is 25.0 Å². The van der Waals surface area contributed by atoms with Crippen molar-refractivity contribution in [2.45, 2.75) is 13.2 Å². The molecule has 1 amide bonds. The maximum absolute atomic E-state index is 12.2. The molecule has 0 bridgehead atoms. The predicted molar refractivity (Wildman–Crippen MR) is 138 cm³/mol. The Morgan fingerprint density at radius 1 is 1.23 bits per heavy atom. The van der Waals surface area contributed by atoms with Crippen LogP contribution >= 0.6 is 11.6 Å². The van der Waals surface area contributed by atoms with Gasteiger partial charge in [0.1, 0.15) is 16.5 Å². The third-order valence-corrected chi connectivity index (χ3v) is 5.69. The first-order valence-corrected chi connectivity index (χ1v) is 11.3. The van der Waals surface area contributed by atoms with Crippen LogP contribution in [0.15, 0.2) is 48.7 Å². The van der Waals surface area contributed by atoms with E-state index >= 15 is 0 Å². The molecule has 0 atom stereocenters. The van der Waals surface area contributed by atoms with Crippen LogP contribution in [0.3, 0.4) is 0 Å². The Balaban J connectivity index is 1.49. The van der Waals surface area contributed by atoms with Crippen molar-refractivity contribution in [2.75, 3.05) is 55.9 Å². The number of benzene rings is 2. The number of carbonyl (C=O) groups is 1. The number of methoxy groups -OCH3 is 1. The maximum Gasteiger partial charge on any atom is 0.243 e. The number of likely N-dealkylation sites (N-methyl/N-ethyl adjacent to an activating group) is 1. The molecule has 10 heteroatoms. The second kappa shape index (κ2) is 11.2. The number of halogens is 1. The summed E-state index contributed by atoms with van der Waals surface area (Å²) in [5, 5.41) is 5.50. The summed E-state index contributed by atoms with van der Waals surface area (Å²) in [7, 11) is 3.69. The number of piperazine rings is 1. The highest BCUT2D eigenvalue weighted by molar-refractivity contribution is 6.31. The Kier molecular flexibility index (Phi) is 6.02. The fourth-order valence-corrected chi connectivity index (χ4v) is 3.69. The Bertz CT molecular complexity index is 1370. The van der Waals surface area contributed by atoms with E-state index in [0.717, 1.165) is 31.9 Å². The molecule has 1 aliphatic rings. The molecule has 3 aromatic rings. The summed E-state index contributed by atoms with van der Waals surface area (Å²) in [5.74, 6) is -0.261. The van der Waals surface area contributed by atoms with Gasteiger partial charge in [0.2, 0.25) is 17.7 Å². The molecule has 35 heavy (non-hydrogen) atoms. The number of rotatable bonds is 8. The Hall–Kier alpha value is -3.56. The highest BCUT2D eigenvalue weighted by Gasteiger charge is 2.17. The molecule has 4 rings (SSSR count). The third kappa shape index (κ3) is 6.32. The lowest BCUT2D eigenvalue weighted by Crippen LogP contribution is -2.44. The molecular formula is C25H29ClN6O3. The zero-order chi connectivity index (χ0) is 29.1. The van der Waals surface area contributed by atoms with Gasteiger partial charge in [0, 0.05) is 62.9 Å². The van der Waals surface area contributed by atoms with E-state index in [1.807, 2.05) is 18.2 Å². The smallest absolute Gasteiger partial charge is 0.243 e. The molecule has 2 heterocycles. The summed E-state index contributed by atoms with van der Waals surface area (Å²) in [4.78, 5) is 25.4. The predicted octanol–water partition coefficient (Wildman–Crippen LogP) is 4.77. The zero-order valence-corrected chi connectivity index (χ0v) is 20.1. The van der Waals surface area contributed by atoms with Crippen LogP contribution in [0.25, 0.3) is 0 Å². The highest BCUT2D eigenvalue weighted by Crippen LogP contribution is 2.34. The molecule has 2 aromatic carbocycles. The van der Waals surface area contributed by atoms with Gasteiger partial charge in [-0.1, -0.05) is 24.5 Å². The molecule has 184 valence electrons. The van der Waals surface area contributed by atoms with E-state index in [1.54, 1.807) is 13.2 Å². The van der Waals surface area contributed by atoms with Gasteiger partial charge in [0.15, 0.2) is 0 Å². The van der Waals surface area contributed by atoms with Crippen LogP contribution in [-0.2, 0) is 4.79 Å². The SMILES string of the molecule is [2H]C([2H])([2H])C([2H])([2H])C(=O)Nc1cccc(Oc2nc(Nc3ccc(N4CCN(C)CC4)cc3OC)ncc2Cl)c1. The van der Waals surface area contributed by atoms with Crippen LogP contribution in [-0.4, -0.2) is 61.1 Å². The lowest BCUT2D eigenvalue weighted by molar-refractivity contribution is -0.115. The number of ether oxygens (including phenoxy) is 2. The van der Waals surface area contributed by atoms with Crippen molar-refractivity contribution >= 4 is 40.5 Å². The molecular weight excluding hydrogens is 468 g/mol. The van der Waals surface area contributed by atoms with E-state index < -0.39 is 19.1 Å². The lowest BCUT2D eigenvalue weighted by Gasteiger charge is -2.34. The summed E-state index contributed by atoms with van der Waals surface area (Å²) < 4.78 is 48.4. The summed E-state index contributed by atoms with van der Waals surface area (Å²) in [5.41, 5.74) is 1.82. The molecule has 1 aromatic heterocycles. The summed E-state index contributed by atoms with van der Waals surface area (Å²) >= 11 is 6.27. The molecule has 1 aliphatic heterocycles. The second-order valence-electron chi connectivity index (χ2n) is 7.86. The van der Waals surface area contributed by atoms with E-state index in [4.69, 9.17) is 27.9 Å². The maximum atomic E-state index is 12.2. The standard InChI is InChI=1S/C25H29ClN6O3/c1-4-23(33)28-17-6-5-7-19(14-17)35-24-20(26)16-27-25(30-24)29-21-9-8-18(15-22(21)34-3)32-12-10-31(2)11-13-32/h5-9,14-16H,4,10-13H2,1-3H3,(H,28,33)(H,27,29,30)/i1D3,4D2. The molecule has 1 saturated heterocycles. The van der Waals surface area contributed by atoms with Crippen molar-refractivity contribution in [1.29, 1.82) is 0 Å². The number of amides is 1. The van der Waals surface area contributed by atoms with Gasteiger partial charge >= 0.3 is 0 Å². The largest absolute Gasteiger partial charge is 0.494 e. The van der Waals surface area contributed by atoms with E-state index in [-0.39, 0.29) is 28.3 Å². The highest BCUT2D eigenvalue weighted by atomic mass is 35.5. The summed E-state index contributed by atoms with van der Waals surface area (Å²) in [6.07, 6.45) is -1.71. The minimum absolute atomic E-state index is 0.0217. The number of carbonyl (C=O) groups excluding carboxylic acids is 1. The number of nitrogens with zero attached hydrogens (tertiary/aromatic N) is 4. The first-order chi connectivity index (χ1) is 18.9. The molecule has 0 radical (unpaired) electrons. The Morgan fingerprint density at radius 2 is 2.06 bits per heavy atom. The fourth-order valence-electron chi connectivity index (χ4n) is 3.56. The van der Waals surface area contributed by atoms with Crippen LogP contribution in [0.5, 0.6) is 17.4 Å². The Labute approximate surface area is 217 Å². The van der Waals surface area contributed by atoms with Crippen molar-refractivity contribution in [1.82, 2.24) is 14.9 Å². The number of hydrogen-bond acceptors (Lipinski definition) is 8. The zero-order valence-electron chi connectivity index (χ0n) is 24.3. The quantitative estimate of drug-likeness (QED) is 0.456. The van der Waals surface area contributed by atoms with Gasteiger partial charge in [0.05, 0.1) is 19.0 Å². The van der Waals surface area contributed by atoms with E-state index in [0.29, 0.717) is 11.4 Å². The minimum Gasteiger partial charge on any atom is -0.494 e. The van der Waals surface area contributed by atoms with Gasteiger partial charge in [-0.2, -0.15) is 4.98 Å². The van der Waals surface area contributed by atoms with Crippen molar-refractivity contribution in [2.24, 2.45) is 0 Å². The Morgan fingerprint density at radius 3 is 2.83 bits per heavy atom. The monoisotopic (exact) mass is 501 g/mol. The molecule has 0 spiro atoms. The minimum atomic E-state index is -3.13. The van der Waals surface area contributed by atoms with Crippen molar-refractivity contribution in [3.63, 3.8) is 0 Å². The number of aromatic nitrogens is 2. The average Bonchev–Trinajstić information content (AvgIpc) is 2.91. The van der Waals surface area contributed by atoms with Gasteiger partial charge in [-0.25, -0.2) is 4.98 Å². The van der Waals surface area contributed by atoms with Crippen LogP contribution in [0.2, 0.25) is 5.02 Å². The second-order valence-corrected chi connectivity index (χ2v) is 8.26. The van der Waals surface area contributed by atoms with Crippen LogP contribution in [0, 0.1) is 0 Å². The van der Waals surface area contributed by atoms with Crippen molar-refractivity contribution in [3.8, 4) is 17.4 Å². The first-order valence-electron chi connectivity index (χ1n) is 13.4. The van der Waals surface area contributed by atoms with E-state index in [2.05, 4.69) is 37.4 Å². The third-order valence-electron chi connectivity index (χ3n) is 5.43. The van der Waals surface area contributed by atoms with Gasteiger partial charge in [-0.15, -0.1) is 0 Å². The van der Waals surface area contributed by atoms with Crippen LogP contribution in [0.1, 0.15) is 20.1 Å². The molecule has 9 nitrogen and oxygen atoms in total. The van der Waals surface area contributed by atoms with Gasteiger partial charge < -0.3 is 29.9 Å². The van der Waals surface area contributed by atoms with Crippen LogP contribution in [0.4, 0.5) is 23.0 Å². The number of hydrogen-bond donors (Lipinski definition) is 2. The van der Waals surface area contributed by atoms with Gasteiger partial charge in [-0.05, 0) is 31.3 Å². The molecule has 2 N–H and O–H groups in total. The van der Waals surface area contributed by atoms with Crippen molar-refractivity contribution < 1.29 is 21.1 Å². The fraction of sp³-hybridized carbons (Fsp3) is 0.320. The molecule has 0 aliphatic carbocycles. The molecule has 1 fully saturated rings. The lowest BCUT2D eigenvalue weighted by atomic mass is 10.2. The van der Waals surface area contributed by atoms with E-state index in [9.17, 15) is 4.79 Å². The number of nitrogens with one attached hydrogen (secondary N) is 2. The van der Waals surface area contributed by atoms with E-state index in [1.165, 1.54) is 24.4 Å². The average molecular weight is 502 g/mol. The normalized spacial score (nSPS) is 16.8. The van der Waals surface area contributed by atoms with Crippen molar-refractivity contribution in [3.05, 3.63) is 53.7 Å². The summed E-state index contributed by atoms with van der Waals surface area (Å²) in [6.45, 7) is 0.680. The van der Waals surface area contributed by atoms with Gasteiger partial charge in [0.25, 0.3) is 0 Å². The number of anilines is 4. The first kappa shape index (κ1) is 18.7. The topological polar surface area (TPSA) is 91.8 Å². The summed E-state index contributed by atoms with van der Waals surface area (Å²) in [6, 6.07) is 11.8.